The fourth-order valence-electron chi connectivity index (χ4n) is 2.48. The summed E-state index contributed by atoms with van der Waals surface area (Å²) in [6.07, 6.45) is -4.35. The normalized spacial score (nSPS) is 11.6. The van der Waals surface area contributed by atoms with E-state index in [1.807, 2.05) is 30.3 Å². The van der Waals surface area contributed by atoms with Gasteiger partial charge < -0.3 is 4.74 Å². The first-order valence-electron chi connectivity index (χ1n) is 8.17. The lowest BCUT2D eigenvalue weighted by Crippen LogP contribution is -2.05. The smallest absolute Gasteiger partial charge is 0.378 e. The van der Waals surface area contributed by atoms with Crippen LogP contribution in [0.4, 0.5) is 13.2 Å². The third-order valence-electron chi connectivity index (χ3n) is 3.72. The number of aromatic nitrogens is 2. The molecule has 0 saturated carbocycles. The number of benzene rings is 2. The van der Waals surface area contributed by atoms with Gasteiger partial charge in [0.15, 0.2) is 5.82 Å². The van der Waals surface area contributed by atoms with Crippen LogP contribution in [-0.4, -0.2) is 17.1 Å². The summed E-state index contributed by atoms with van der Waals surface area (Å²) in [5.41, 5.74) is 1.53. The van der Waals surface area contributed by atoms with Gasteiger partial charge in [-0.25, -0.2) is 9.97 Å². The van der Waals surface area contributed by atoms with Gasteiger partial charge in [0, 0.05) is 18.4 Å². The van der Waals surface area contributed by atoms with Crippen LogP contribution in [0.15, 0.2) is 65.7 Å². The van der Waals surface area contributed by atoms with Gasteiger partial charge in [0.1, 0.15) is 5.03 Å². The van der Waals surface area contributed by atoms with Crippen molar-refractivity contribution in [2.24, 2.45) is 0 Å². The summed E-state index contributed by atoms with van der Waals surface area (Å²) in [4.78, 5) is 9.04. The summed E-state index contributed by atoms with van der Waals surface area (Å²) in [5.74, 6) is 0.943. The van der Waals surface area contributed by atoms with Crippen molar-refractivity contribution in [3.05, 3.63) is 77.5 Å². The Morgan fingerprint density at radius 1 is 0.963 bits per heavy atom. The molecule has 0 aliphatic rings. The Morgan fingerprint density at radius 3 is 2.44 bits per heavy atom. The van der Waals surface area contributed by atoms with E-state index in [0.717, 1.165) is 17.3 Å². The highest BCUT2D eigenvalue weighted by Gasteiger charge is 2.30. The molecule has 27 heavy (non-hydrogen) atoms. The molecule has 3 aromatic rings. The maximum atomic E-state index is 12.9. The number of hydrogen-bond donors (Lipinski definition) is 0. The number of alkyl halides is 3. The predicted molar refractivity (Wildman–Crippen MR) is 99.2 cm³/mol. The maximum absolute atomic E-state index is 12.9. The largest absolute Gasteiger partial charge is 0.416 e. The molecule has 0 aliphatic heterocycles. The van der Waals surface area contributed by atoms with Gasteiger partial charge in [-0.2, -0.15) is 13.2 Å². The lowest BCUT2D eigenvalue weighted by Gasteiger charge is -2.10. The molecule has 7 heteroatoms. The van der Waals surface area contributed by atoms with E-state index < -0.39 is 11.7 Å². The van der Waals surface area contributed by atoms with Crippen molar-refractivity contribution in [2.45, 2.75) is 23.6 Å². The van der Waals surface area contributed by atoms with E-state index in [0.29, 0.717) is 28.8 Å². The topological polar surface area (TPSA) is 35.0 Å². The molecular weight excluding hydrogens is 373 g/mol. The number of thioether (sulfide) groups is 1. The number of methoxy groups -OCH3 is 1. The number of rotatable bonds is 6. The molecule has 0 N–H and O–H groups in total. The molecule has 1 heterocycles. The Labute approximate surface area is 159 Å². The summed E-state index contributed by atoms with van der Waals surface area (Å²) in [7, 11) is 1.58. The Balaban J connectivity index is 1.83. The van der Waals surface area contributed by atoms with Gasteiger partial charge in [-0.1, -0.05) is 48.5 Å². The number of nitrogens with zero attached hydrogens (tertiary/aromatic N) is 2. The van der Waals surface area contributed by atoms with Crippen molar-refractivity contribution in [3.8, 4) is 11.4 Å². The van der Waals surface area contributed by atoms with E-state index in [4.69, 9.17) is 4.74 Å². The fraction of sp³-hybridized carbons (Fsp3) is 0.200. The molecule has 0 saturated heterocycles. The summed E-state index contributed by atoms with van der Waals surface area (Å²) in [6.45, 7) is 0.333. The van der Waals surface area contributed by atoms with Crippen molar-refractivity contribution in [2.75, 3.05) is 7.11 Å². The van der Waals surface area contributed by atoms with Gasteiger partial charge in [-0.05, 0) is 17.7 Å². The molecule has 0 aliphatic carbocycles. The van der Waals surface area contributed by atoms with Crippen LogP contribution in [-0.2, 0) is 23.3 Å². The minimum absolute atomic E-state index is 0.333. The van der Waals surface area contributed by atoms with E-state index in [1.165, 1.54) is 23.9 Å². The number of halogens is 3. The fourth-order valence-corrected chi connectivity index (χ4v) is 3.34. The Kier molecular flexibility index (Phi) is 6.13. The maximum Gasteiger partial charge on any atom is 0.416 e. The second kappa shape index (κ2) is 8.54. The molecule has 0 radical (unpaired) electrons. The zero-order valence-electron chi connectivity index (χ0n) is 14.5. The minimum atomic E-state index is -4.35. The Bertz CT molecular complexity index is 901. The first kappa shape index (κ1) is 19.4. The Hall–Kier alpha value is -2.38. The standard InChI is InChI=1S/C20H17F3N2OS/c1-26-12-17-11-18(25-19(24-17)15-7-3-2-4-8-15)27-13-14-6-5-9-16(10-14)20(21,22)23/h2-11H,12-13H2,1H3. The van der Waals surface area contributed by atoms with Crippen molar-refractivity contribution in [3.63, 3.8) is 0 Å². The summed E-state index contributed by atoms with van der Waals surface area (Å²) < 4.78 is 43.8. The quantitative estimate of drug-likeness (QED) is 0.405. The van der Waals surface area contributed by atoms with Gasteiger partial charge in [0.2, 0.25) is 0 Å². The summed E-state index contributed by atoms with van der Waals surface area (Å²) in [5, 5.41) is 0.688. The van der Waals surface area contributed by atoms with E-state index >= 15 is 0 Å². The molecule has 0 unspecified atom stereocenters. The molecule has 0 bridgehead atoms. The third kappa shape index (κ3) is 5.30. The second-order valence-corrected chi connectivity index (χ2v) is 6.80. The van der Waals surface area contributed by atoms with Crippen molar-refractivity contribution in [1.29, 1.82) is 0 Å². The van der Waals surface area contributed by atoms with Gasteiger partial charge in [0.25, 0.3) is 0 Å². The molecule has 140 valence electrons. The molecule has 2 aromatic carbocycles. The van der Waals surface area contributed by atoms with E-state index in [9.17, 15) is 13.2 Å². The number of ether oxygens (including phenoxy) is 1. The SMILES string of the molecule is COCc1cc(SCc2cccc(C(F)(F)F)c2)nc(-c2ccccc2)n1. The summed E-state index contributed by atoms with van der Waals surface area (Å²) in [6, 6.07) is 16.7. The Morgan fingerprint density at radius 2 is 1.74 bits per heavy atom. The van der Waals surface area contributed by atoms with Crippen LogP contribution < -0.4 is 0 Å². The molecule has 0 fully saturated rings. The first-order valence-corrected chi connectivity index (χ1v) is 9.15. The zero-order valence-corrected chi connectivity index (χ0v) is 15.3. The van der Waals surface area contributed by atoms with Crippen LogP contribution in [0.2, 0.25) is 0 Å². The van der Waals surface area contributed by atoms with E-state index in [-0.39, 0.29) is 0 Å². The molecule has 1 aromatic heterocycles. The van der Waals surface area contributed by atoms with Crippen LogP contribution >= 0.6 is 11.8 Å². The zero-order chi connectivity index (χ0) is 19.3. The average molecular weight is 390 g/mol. The highest BCUT2D eigenvalue weighted by Crippen LogP contribution is 2.31. The molecule has 0 atom stereocenters. The van der Waals surface area contributed by atoms with Crippen LogP contribution in [0.1, 0.15) is 16.8 Å². The molecule has 0 spiro atoms. The highest BCUT2D eigenvalue weighted by molar-refractivity contribution is 7.98. The molecular formula is C20H17F3N2OS. The second-order valence-electron chi connectivity index (χ2n) is 5.81. The van der Waals surface area contributed by atoms with Gasteiger partial charge in [-0.15, -0.1) is 11.8 Å². The average Bonchev–Trinajstić information content (AvgIpc) is 2.67. The lowest BCUT2D eigenvalue weighted by atomic mass is 10.1. The molecule has 0 amide bonds. The van der Waals surface area contributed by atoms with E-state index in [2.05, 4.69) is 9.97 Å². The van der Waals surface area contributed by atoms with Gasteiger partial charge >= 0.3 is 6.18 Å². The highest BCUT2D eigenvalue weighted by atomic mass is 32.2. The van der Waals surface area contributed by atoms with Gasteiger partial charge in [0.05, 0.1) is 17.9 Å². The molecule has 3 rings (SSSR count). The monoisotopic (exact) mass is 390 g/mol. The predicted octanol–water partition coefficient (Wildman–Crippen LogP) is 5.60. The van der Waals surface area contributed by atoms with Crippen molar-refractivity contribution >= 4 is 11.8 Å². The lowest BCUT2D eigenvalue weighted by molar-refractivity contribution is -0.137. The van der Waals surface area contributed by atoms with Crippen molar-refractivity contribution in [1.82, 2.24) is 9.97 Å². The first-order chi connectivity index (χ1) is 13.0. The molecule has 3 nitrogen and oxygen atoms in total. The van der Waals surface area contributed by atoms with Crippen LogP contribution in [0.25, 0.3) is 11.4 Å². The summed E-state index contributed by atoms with van der Waals surface area (Å²) >= 11 is 1.37. The van der Waals surface area contributed by atoms with Crippen LogP contribution in [0.5, 0.6) is 0 Å². The van der Waals surface area contributed by atoms with Crippen LogP contribution in [0.3, 0.4) is 0 Å². The van der Waals surface area contributed by atoms with Gasteiger partial charge in [-0.3, -0.25) is 0 Å². The van der Waals surface area contributed by atoms with Crippen molar-refractivity contribution < 1.29 is 17.9 Å². The number of hydrogen-bond acceptors (Lipinski definition) is 4. The minimum Gasteiger partial charge on any atom is -0.378 e. The third-order valence-corrected chi connectivity index (χ3v) is 4.70. The van der Waals surface area contributed by atoms with E-state index in [1.54, 1.807) is 19.2 Å². The van der Waals surface area contributed by atoms with Crippen LogP contribution in [0, 0.1) is 0 Å².